The Morgan fingerprint density at radius 1 is 0.930 bits per heavy atom. The molecule has 0 bridgehead atoms. The smallest absolute Gasteiger partial charge is 0.237 e. The molecule has 2 amide bonds. The van der Waals surface area contributed by atoms with Gasteiger partial charge in [-0.1, -0.05) is 36.4 Å². The predicted molar refractivity (Wildman–Crippen MR) is 164 cm³/mol. The second-order valence-corrected chi connectivity index (χ2v) is 10.4. The number of carbonyl (C=O) groups excluding carboxylic acids is 4. The number of nitrogens with two attached hydrogens (primary N) is 1. The lowest BCUT2D eigenvalue weighted by Gasteiger charge is -2.30. The molecule has 1 aliphatic carbocycles. The van der Waals surface area contributed by atoms with Crippen LogP contribution in [0.5, 0.6) is 0 Å². The number of aryl methyl sites for hydroxylation is 1. The molecule has 1 aromatic heterocycles. The predicted octanol–water partition coefficient (Wildman–Crippen LogP) is 3.68. The molecule has 0 saturated carbocycles. The molecule has 0 atom stereocenters. The van der Waals surface area contributed by atoms with E-state index in [1.165, 1.54) is 12.2 Å². The maximum Gasteiger partial charge on any atom is 0.237 e. The monoisotopic (exact) mass is 577 g/mol. The lowest BCUT2D eigenvalue weighted by molar-refractivity contribution is -0.673. The Labute approximate surface area is 249 Å². The van der Waals surface area contributed by atoms with Crippen LogP contribution in [0.2, 0.25) is 0 Å². The lowest BCUT2D eigenvalue weighted by Crippen LogP contribution is -2.38. The van der Waals surface area contributed by atoms with E-state index in [0.29, 0.717) is 43.7 Å². The topological polar surface area (TPSA) is 134 Å². The van der Waals surface area contributed by atoms with Gasteiger partial charge in [-0.3, -0.25) is 19.2 Å². The number of primary amides is 1. The summed E-state index contributed by atoms with van der Waals surface area (Å²) in [5, 5.41) is 14.8. The van der Waals surface area contributed by atoms with Crippen molar-refractivity contribution >= 4 is 52.1 Å². The molecule has 1 aliphatic heterocycles. The number of amides is 2. The molecular formula is C34H33N4O5+. The molecule has 218 valence electrons. The van der Waals surface area contributed by atoms with Crippen LogP contribution < -0.4 is 20.5 Å². The number of Topliss-reactive ketones (excluding diaryl/α,β-unsaturated/α-hetero) is 2. The summed E-state index contributed by atoms with van der Waals surface area (Å²) in [5.74, 6) is -2.46. The summed E-state index contributed by atoms with van der Waals surface area (Å²) < 4.78 is 1.95. The number of allylic oxidation sites excluding steroid dienone is 4. The molecule has 9 heteroatoms. The summed E-state index contributed by atoms with van der Waals surface area (Å²) in [5.41, 5.74) is 9.13. The molecule has 3 aromatic rings. The van der Waals surface area contributed by atoms with Gasteiger partial charge in [0.1, 0.15) is 12.3 Å². The number of anilines is 1. The zero-order valence-electron chi connectivity index (χ0n) is 23.9. The molecule has 5 rings (SSSR count). The van der Waals surface area contributed by atoms with Gasteiger partial charge in [-0.2, -0.15) is 4.57 Å². The maximum atomic E-state index is 13.2. The van der Waals surface area contributed by atoms with Gasteiger partial charge in [0.2, 0.25) is 34.6 Å². The molecule has 0 fully saturated rings. The molecule has 4 N–H and O–H groups in total. The molecule has 0 unspecified atom stereocenters. The van der Waals surface area contributed by atoms with E-state index in [9.17, 15) is 24.3 Å². The van der Waals surface area contributed by atoms with Gasteiger partial charge in [-0.05, 0) is 42.3 Å². The van der Waals surface area contributed by atoms with Crippen LogP contribution in [0.15, 0.2) is 95.4 Å². The molecular weight excluding hydrogens is 544 g/mol. The van der Waals surface area contributed by atoms with Gasteiger partial charge in [0.25, 0.3) is 0 Å². The summed E-state index contributed by atoms with van der Waals surface area (Å²) >= 11 is 0. The summed E-state index contributed by atoms with van der Waals surface area (Å²) in [7, 11) is 1.59. The average Bonchev–Trinajstić information content (AvgIpc) is 3.20. The number of aliphatic hydroxyl groups is 1. The van der Waals surface area contributed by atoms with Gasteiger partial charge in [-0.15, -0.1) is 0 Å². The fourth-order valence-corrected chi connectivity index (χ4v) is 5.41. The molecule has 0 radical (unpaired) electrons. The number of rotatable bonds is 10. The number of nitrogens with zero attached hydrogens (tertiary/aromatic N) is 2. The number of hydrogen-bond acceptors (Lipinski definition) is 6. The Hall–Kier alpha value is -5.31. The lowest BCUT2D eigenvalue weighted by atomic mass is 10.0. The van der Waals surface area contributed by atoms with E-state index < -0.39 is 23.2 Å². The zero-order chi connectivity index (χ0) is 30.5. The third-order valence-electron chi connectivity index (χ3n) is 7.61. The summed E-state index contributed by atoms with van der Waals surface area (Å²) in [6.07, 6.45) is 8.36. The average molecular weight is 578 g/mol. The zero-order valence-corrected chi connectivity index (χ0v) is 23.9. The molecule has 2 aliphatic rings. The number of ketones is 2. The van der Waals surface area contributed by atoms with E-state index in [0.717, 1.165) is 22.2 Å². The van der Waals surface area contributed by atoms with Crippen molar-refractivity contribution in [3.8, 4) is 0 Å². The fraction of sp³-hybridized carbons (Fsp3) is 0.206. The minimum atomic E-state index is -0.799. The summed E-state index contributed by atoms with van der Waals surface area (Å²) in [6.45, 7) is 0.935. The van der Waals surface area contributed by atoms with Gasteiger partial charge in [0, 0.05) is 67.8 Å². The van der Waals surface area contributed by atoms with Gasteiger partial charge in [-0.25, -0.2) is 0 Å². The van der Waals surface area contributed by atoms with Crippen molar-refractivity contribution in [3.63, 3.8) is 0 Å². The van der Waals surface area contributed by atoms with Crippen molar-refractivity contribution in [1.82, 2.24) is 5.32 Å². The van der Waals surface area contributed by atoms with Crippen LogP contribution in [0.1, 0.15) is 36.9 Å². The van der Waals surface area contributed by atoms with E-state index in [-0.39, 0.29) is 23.5 Å². The van der Waals surface area contributed by atoms with Gasteiger partial charge >= 0.3 is 0 Å². The first-order valence-corrected chi connectivity index (χ1v) is 14.2. The highest BCUT2D eigenvalue weighted by Gasteiger charge is 2.37. The van der Waals surface area contributed by atoms with Crippen molar-refractivity contribution in [3.05, 3.63) is 107 Å². The Morgan fingerprint density at radius 2 is 1.70 bits per heavy atom. The number of hydrogen-bond donors (Lipinski definition) is 3. The highest BCUT2D eigenvalue weighted by Crippen LogP contribution is 2.34. The van der Waals surface area contributed by atoms with E-state index in [1.54, 1.807) is 7.05 Å². The van der Waals surface area contributed by atoms with Gasteiger partial charge in [0.15, 0.2) is 0 Å². The highest BCUT2D eigenvalue weighted by molar-refractivity contribution is 6.54. The summed E-state index contributed by atoms with van der Waals surface area (Å²) in [4.78, 5) is 51.6. The van der Waals surface area contributed by atoms with Crippen molar-refractivity contribution in [2.75, 3.05) is 18.5 Å². The van der Waals surface area contributed by atoms with Gasteiger partial charge in [0.05, 0.1) is 11.1 Å². The molecule has 43 heavy (non-hydrogen) atoms. The number of nitrogens with one attached hydrogen (secondary N) is 1. The fourth-order valence-electron chi connectivity index (χ4n) is 5.41. The first-order chi connectivity index (χ1) is 20.8. The van der Waals surface area contributed by atoms with E-state index >= 15 is 0 Å². The minimum absolute atomic E-state index is 0.0707. The van der Waals surface area contributed by atoms with Crippen LogP contribution in [-0.2, 0) is 25.7 Å². The van der Waals surface area contributed by atoms with Crippen LogP contribution in [0.25, 0.3) is 23.1 Å². The third kappa shape index (κ3) is 6.16. The molecule has 2 heterocycles. The Balaban J connectivity index is 1.54. The molecule has 2 aromatic carbocycles. The third-order valence-corrected chi connectivity index (χ3v) is 7.61. The molecule has 9 nitrogen and oxygen atoms in total. The second-order valence-electron chi connectivity index (χ2n) is 10.4. The number of fused-ring (bicyclic) bond motifs is 2. The first kappa shape index (κ1) is 29.2. The number of aromatic nitrogens is 1. The van der Waals surface area contributed by atoms with Gasteiger partial charge < -0.3 is 21.1 Å². The van der Waals surface area contributed by atoms with Crippen LogP contribution >= 0.6 is 0 Å². The Morgan fingerprint density at radius 3 is 2.49 bits per heavy atom. The standard InChI is InChI=1S/C34H32N4O5/c1-36-31(40)13-7-19-38-25(17-15-23-9-3-5-11-29(23)38)21-27-32(41)26(33(42)34(27)43)20-24-16-14-22-8-2-4-10-28(22)37(24)18-6-12-30(35)39/h2-5,8-11,14-17,20-21H,6-7,12-13,18-19H2,1H3,(H3-,35,36,39,40,41,42,43)/p+1. The number of pyridine rings is 1. The SMILES string of the molecule is CNC(=O)CCCN1/C(=C/C2=C(O)C(=C/c3ccc4ccccc4[n+]3CCCC(N)=O)/C(=O)C2=O)C=Cc2ccccc21. The quantitative estimate of drug-likeness (QED) is 0.191. The van der Waals surface area contributed by atoms with Crippen LogP contribution in [0, 0.1) is 0 Å². The van der Waals surface area contributed by atoms with E-state index in [4.69, 9.17) is 5.73 Å². The van der Waals surface area contributed by atoms with Crippen LogP contribution in [0.3, 0.4) is 0 Å². The first-order valence-electron chi connectivity index (χ1n) is 14.2. The normalized spacial score (nSPS) is 16.4. The highest BCUT2D eigenvalue weighted by atomic mass is 16.3. The number of para-hydroxylation sites is 2. The number of carbonyl (C=O) groups is 4. The van der Waals surface area contributed by atoms with Crippen LogP contribution in [-0.4, -0.2) is 42.1 Å². The van der Waals surface area contributed by atoms with Crippen molar-refractivity contribution in [1.29, 1.82) is 0 Å². The second kappa shape index (κ2) is 12.7. The Bertz CT molecular complexity index is 1770. The largest absolute Gasteiger partial charge is 0.506 e. The van der Waals surface area contributed by atoms with Crippen molar-refractivity contribution < 1.29 is 28.9 Å². The maximum absolute atomic E-state index is 13.2. The molecule has 0 saturated heterocycles. The number of benzene rings is 2. The Kier molecular flexibility index (Phi) is 8.61. The van der Waals surface area contributed by atoms with Crippen LogP contribution in [0.4, 0.5) is 5.69 Å². The van der Waals surface area contributed by atoms with E-state index in [1.807, 2.05) is 82.3 Å². The molecule has 0 spiro atoms. The minimum Gasteiger partial charge on any atom is -0.506 e. The van der Waals surface area contributed by atoms with Crippen molar-refractivity contribution in [2.45, 2.75) is 32.2 Å². The van der Waals surface area contributed by atoms with Crippen molar-refractivity contribution in [2.24, 2.45) is 5.73 Å². The number of aliphatic hydroxyl groups excluding tert-OH is 1. The summed E-state index contributed by atoms with van der Waals surface area (Å²) in [6, 6.07) is 19.2. The van der Waals surface area contributed by atoms with E-state index in [2.05, 4.69) is 5.32 Å².